The molecular weight excluding hydrogens is 448 g/mol. The van der Waals surface area contributed by atoms with Gasteiger partial charge in [0.15, 0.2) is 5.82 Å². The van der Waals surface area contributed by atoms with E-state index in [0.29, 0.717) is 17.3 Å². The third-order valence-corrected chi connectivity index (χ3v) is 6.92. The summed E-state index contributed by atoms with van der Waals surface area (Å²) in [5, 5.41) is 18.6. The lowest BCUT2D eigenvalue weighted by molar-refractivity contribution is -0.120. The number of piperidine rings is 1. The number of para-hydroxylation sites is 1. The van der Waals surface area contributed by atoms with Gasteiger partial charge in [-0.25, -0.2) is 4.68 Å². The van der Waals surface area contributed by atoms with Crippen LogP contribution in [0.1, 0.15) is 29.8 Å². The van der Waals surface area contributed by atoms with E-state index in [-0.39, 0.29) is 11.8 Å². The lowest BCUT2D eigenvalue weighted by Gasteiger charge is -2.32. The van der Waals surface area contributed by atoms with Crippen molar-refractivity contribution in [1.29, 1.82) is 0 Å². The van der Waals surface area contributed by atoms with E-state index in [2.05, 4.69) is 27.3 Å². The number of carbonyl (C=O) groups excluding carboxylic acids is 1. The molecule has 1 N–H and O–H groups in total. The van der Waals surface area contributed by atoms with Gasteiger partial charge >= 0.3 is 0 Å². The SMILES string of the molecule is Cc1ccc(NC(=O)C2CCCN(c3nnc(C)c4c(C)n(-c5ccccc5)nc34)C2)cc1Cl. The van der Waals surface area contributed by atoms with Gasteiger partial charge in [0.1, 0.15) is 5.52 Å². The lowest BCUT2D eigenvalue weighted by atomic mass is 9.96. The number of carbonyl (C=O) groups is 1. The van der Waals surface area contributed by atoms with Gasteiger partial charge < -0.3 is 10.2 Å². The molecule has 4 aromatic rings. The molecule has 174 valence electrons. The zero-order chi connectivity index (χ0) is 23.8. The third kappa shape index (κ3) is 4.12. The van der Waals surface area contributed by atoms with Crippen molar-refractivity contribution in [2.24, 2.45) is 5.92 Å². The van der Waals surface area contributed by atoms with Crippen molar-refractivity contribution in [3.8, 4) is 5.69 Å². The molecule has 0 radical (unpaired) electrons. The Morgan fingerprint density at radius 2 is 1.88 bits per heavy atom. The number of aryl methyl sites for hydroxylation is 3. The molecule has 2 aromatic carbocycles. The monoisotopic (exact) mass is 474 g/mol. The molecule has 1 aliphatic rings. The number of halogens is 1. The van der Waals surface area contributed by atoms with Crippen LogP contribution in [0.5, 0.6) is 0 Å². The molecule has 1 unspecified atom stereocenters. The largest absolute Gasteiger partial charge is 0.352 e. The van der Waals surface area contributed by atoms with Crippen LogP contribution in [0.2, 0.25) is 5.02 Å². The molecule has 1 fully saturated rings. The zero-order valence-electron chi connectivity index (χ0n) is 19.5. The highest BCUT2D eigenvalue weighted by Gasteiger charge is 2.29. The summed E-state index contributed by atoms with van der Waals surface area (Å²) in [5.74, 6) is 0.561. The molecule has 1 aliphatic heterocycles. The van der Waals surface area contributed by atoms with E-state index in [9.17, 15) is 4.79 Å². The third-order valence-electron chi connectivity index (χ3n) is 6.52. The summed E-state index contributed by atoms with van der Waals surface area (Å²) in [6, 6.07) is 15.7. The second-order valence-corrected chi connectivity index (χ2v) is 9.31. The summed E-state index contributed by atoms with van der Waals surface area (Å²) in [6.07, 6.45) is 1.71. The van der Waals surface area contributed by atoms with Gasteiger partial charge in [0.2, 0.25) is 5.91 Å². The minimum atomic E-state index is -0.163. The summed E-state index contributed by atoms with van der Waals surface area (Å²) < 4.78 is 1.94. The Labute approximate surface area is 203 Å². The zero-order valence-corrected chi connectivity index (χ0v) is 20.3. The van der Waals surface area contributed by atoms with Crippen molar-refractivity contribution in [2.45, 2.75) is 33.6 Å². The second-order valence-electron chi connectivity index (χ2n) is 8.90. The fourth-order valence-electron chi connectivity index (χ4n) is 4.64. The van der Waals surface area contributed by atoms with Gasteiger partial charge in [0, 0.05) is 23.8 Å². The van der Waals surface area contributed by atoms with Crippen LogP contribution in [-0.4, -0.2) is 39.0 Å². The highest BCUT2D eigenvalue weighted by Crippen LogP contribution is 2.32. The molecule has 0 saturated carbocycles. The Bertz CT molecular complexity index is 1370. The lowest BCUT2D eigenvalue weighted by Crippen LogP contribution is -2.41. The molecular formula is C26H27ClN6O. The fourth-order valence-corrected chi connectivity index (χ4v) is 4.82. The molecule has 34 heavy (non-hydrogen) atoms. The maximum Gasteiger partial charge on any atom is 0.229 e. The molecule has 1 saturated heterocycles. The number of amides is 1. The van der Waals surface area contributed by atoms with Crippen LogP contribution in [-0.2, 0) is 4.79 Å². The molecule has 1 atom stereocenters. The van der Waals surface area contributed by atoms with Crippen LogP contribution in [0.3, 0.4) is 0 Å². The van der Waals surface area contributed by atoms with E-state index in [1.54, 1.807) is 6.07 Å². The van der Waals surface area contributed by atoms with Gasteiger partial charge in [0.25, 0.3) is 0 Å². The highest BCUT2D eigenvalue weighted by atomic mass is 35.5. The average Bonchev–Trinajstić information content (AvgIpc) is 3.20. The Balaban J connectivity index is 1.43. The van der Waals surface area contributed by atoms with Crippen LogP contribution in [0.25, 0.3) is 16.6 Å². The molecule has 0 bridgehead atoms. The van der Waals surface area contributed by atoms with Gasteiger partial charge in [0.05, 0.1) is 28.4 Å². The van der Waals surface area contributed by atoms with Gasteiger partial charge in [-0.15, -0.1) is 5.10 Å². The molecule has 2 aromatic heterocycles. The Kier molecular flexibility index (Phi) is 5.96. The normalized spacial score (nSPS) is 16.1. The summed E-state index contributed by atoms with van der Waals surface area (Å²) in [5.41, 5.74) is 5.39. The predicted octanol–water partition coefficient (Wildman–Crippen LogP) is 5.25. The standard InChI is InChI=1S/C26H27ClN6O/c1-16-11-12-20(14-22(16)27)28-26(34)19-8-7-13-32(15-19)25-24-23(17(2)29-30-25)18(3)33(31-24)21-9-5-4-6-10-21/h4-6,9-12,14,19H,7-8,13,15H2,1-3H3,(H,28,34). The molecule has 0 spiro atoms. The first-order valence-electron chi connectivity index (χ1n) is 11.5. The van der Waals surface area contributed by atoms with Crippen molar-refractivity contribution in [1.82, 2.24) is 20.0 Å². The second kappa shape index (κ2) is 9.06. The molecule has 3 heterocycles. The number of hydrogen-bond acceptors (Lipinski definition) is 5. The summed E-state index contributed by atoms with van der Waals surface area (Å²) in [7, 11) is 0. The number of anilines is 2. The average molecular weight is 475 g/mol. The van der Waals surface area contributed by atoms with E-state index in [1.165, 1.54) is 0 Å². The van der Waals surface area contributed by atoms with E-state index in [0.717, 1.165) is 58.7 Å². The van der Waals surface area contributed by atoms with Crippen molar-refractivity contribution < 1.29 is 4.79 Å². The molecule has 5 rings (SSSR count). The summed E-state index contributed by atoms with van der Waals surface area (Å²) in [6.45, 7) is 7.33. The van der Waals surface area contributed by atoms with Crippen LogP contribution in [0.15, 0.2) is 48.5 Å². The predicted molar refractivity (Wildman–Crippen MR) is 136 cm³/mol. The van der Waals surface area contributed by atoms with Crippen LogP contribution >= 0.6 is 11.6 Å². The Morgan fingerprint density at radius 3 is 2.65 bits per heavy atom. The summed E-state index contributed by atoms with van der Waals surface area (Å²) >= 11 is 6.23. The molecule has 1 amide bonds. The number of nitrogens with zero attached hydrogens (tertiary/aromatic N) is 5. The first-order chi connectivity index (χ1) is 16.4. The van der Waals surface area contributed by atoms with Gasteiger partial charge in [-0.2, -0.15) is 10.2 Å². The van der Waals surface area contributed by atoms with Gasteiger partial charge in [-0.3, -0.25) is 4.79 Å². The van der Waals surface area contributed by atoms with Crippen molar-refractivity contribution in [3.63, 3.8) is 0 Å². The minimum Gasteiger partial charge on any atom is -0.352 e. The van der Waals surface area contributed by atoms with Crippen LogP contribution in [0.4, 0.5) is 11.5 Å². The van der Waals surface area contributed by atoms with Gasteiger partial charge in [-0.1, -0.05) is 35.9 Å². The first kappa shape index (κ1) is 22.3. The van der Waals surface area contributed by atoms with Gasteiger partial charge in [-0.05, 0) is 63.4 Å². The molecule has 8 heteroatoms. The van der Waals surface area contributed by atoms with Crippen LogP contribution in [0, 0.1) is 26.7 Å². The molecule has 0 aliphatic carbocycles. The topological polar surface area (TPSA) is 75.9 Å². The van der Waals surface area contributed by atoms with Crippen molar-refractivity contribution in [3.05, 3.63) is 70.5 Å². The van der Waals surface area contributed by atoms with E-state index < -0.39 is 0 Å². The number of nitrogens with one attached hydrogen (secondary N) is 1. The van der Waals surface area contributed by atoms with E-state index in [1.807, 2.05) is 61.0 Å². The number of aromatic nitrogens is 4. The number of hydrogen-bond donors (Lipinski definition) is 1. The molecule has 7 nitrogen and oxygen atoms in total. The Morgan fingerprint density at radius 1 is 1.09 bits per heavy atom. The first-order valence-corrected chi connectivity index (χ1v) is 11.9. The Hall–Kier alpha value is -3.45. The van der Waals surface area contributed by atoms with E-state index >= 15 is 0 Å². The number of fused-ring (bicyclic) bond motifs is 1. The quantitative estimate of drug-likeness (QED) is 0.437. The van der Waals surface area contributed by atoms with Crippen molar-refractivity contribution >= 4 is 39.9 Å². The smallest absolute Gasteiger partial charge is 0.229 e. The number of rotatable bonds is 4. The fraction of sp³-hybridized carbons (Fsp3) is 0.308. The maximum atomic E-state index is 13.1. The highest BCUT2D eigenvalue weighted by molar-refractivity contribution is 6.31. The maximum absolute atomic E-state index is 13.1. The van der Waals surface area contributed by atoms with Crippen molar-refractivity contribution in [2.75, 3.05) is 23.3 Å². The van der Waals surface area contributed by atoms with Crippen LogP contribution < -0.4 is 10.2 Å². The number of benzene rings is 2. The van der Waals surface area contributed by atoms with E-state index in [4.69, 9.17) is 16.7 Å². The minimum absolute atomic E-state index is 0.00747. The summed E-state index contributed by atoms with van der Waals surface area (Å²) in [4.78, 5) is 15.2.